The fourth-order valence-electron chi connectivity index (χ4n) is 2.89. The zero-order valence-corrected chi connectivity index (χ0v) is 18.2. The minimum Gasteiger partial charge on any atom is -0.258 e. The van der Waals surface area contributed by atoms with E-state index in [-0.39, 0.29) is 5.69 Å². The number of nitrogens with zero attached hydrogens (tertiary/aromatic N) is 1. The van der Waals surface area contributed by atoms with E-state index in [1.54, 1.807) is 11.3 Å². The van der Waals surface area contributed by atoms with Gasteiger partial charge in [-0.05, 0) is 31.0 Å². The van der Waals surface area contributed by atoms with Crippen molar-refractivity contribution >= 4 is 33.2 Å². The monoisotopic (exact) mass is 401 g/mol. The van der Waals surface area contributed by atoms with Crippen LogP contribution in [0.15, 0.2) is 42.5 Å². The number of nitro benzene ring substituents is 1. The summed E-state index contributed by atoms with van der Waals surface area (Å²) >= 11 is 1.62. The molecule has 0 unspecified atom stereocenters. The maximum absolute atomic E-state index is 13.7. The molecule has 1 heterocycles. The molecule has 0 fully saturated rings. The van der Waals surface area contributed by atoms with Gasteiger partial charge in [0, 0.05) is 26.6 Å². The van der Waals surface area contributed by atoms with Gasteiger partial charge in [-0.1, -0.05) is 65.0 Å². The van der Waals surface area contributed by atoms with Crippen LogP contribution in [0.1, 0.15) is 52.0 Å². The van der Waals surface area contributed by atoms with E-state index in [9.17, 15) is 14.5 Å². The van der Waals surface area contributed by atoms with Gasteiger partial charge < -0.3 is 0 Å². The van der Waals surface area contributed by atoms with Crippen LogP contribution in [0.25, 0.3) is 27.3 Å². The number of hydrogen-bond donors (Lipinski definition) is 0. The van der Waals surface area contributed by atoms with Crippen LogP contribution < -0.4 is 0 Å². The minimum atomic E-state index is -0.478. The molecule has 0 N–H and O–H groups in total. The maximum Gasteiger partial charge on any atom is 0.277 e. The molecule has 0 saturated carbocycles. The largest absolute Gasteiger partial charge is 0.277 e. The molecule has 1 aromatic heterocycles. The van der Waals surface area contributed by atoms with Crippen molar-refractivity contribution in [3.8, 4) is 11.1 Å². The van der Waals surface area contributed by atoms with Gasteiger partial charge >= 0.3 is 0 Å². The SMILES string of the molecule is C/C=C\c1c(CC)sc2c(-c3cc(F)ccc3[N+](=O)[O-])cccc12.CC.CC. The van der Waals surface area contributed by atoms with E-state index >= 15 is 0 Å². The Balaban J connectivity index is 0.000000921. The number of aryl methyl sites for hydroxylation is 1. The number of nitro groups is 1. The van der Waals surface area contributed by atoms with E-state index in [0.29, 0.717) is 11.1 Å². The van der Waals surface area contributed by atoms with E-state index in [0.717, 1.165) is 28.1 Å². The summed E-state index contributed by atoms with van der Waals surface area (Å²) in [6.45, 7) is 12.0. The summed E-state index contributed by atoms with van der Waals surface area (Å²) < 4.78 is 14.7. The molecule has 0 amide bonds. The summed E-state index contributed by atoms with van der Waals surface area (Å²) in [5.74, 6) is -0.478. The quantitative estimate of drug-likeness (QED) is 0.326. The molecule has 0 aliphatic heterocycles. The highest BCUT2D eigenvalue weighted by Crippen LogP contribution is 2.41. The highest BCUT2D eigenvalue weighted by Gasteiger charge is 2.20. The lowest BCUT2D eigenvalue weighted by Crippen LogP contribution is -1.93. The van der Waals surface area contributed by atoms with Crippen LogP contribution in [-0.4, -0.2) is 4.92 Å². The van der Waals surface area contributed by atoms with Crippen molar-refractivity contribution < 1.29 is 9.31 Å². The predicted octanol–water partition coefficient (Wildman–Crippen LogP) is 8.26. The van der Waals surface area contributed by atoms with Crippen molar-refractivity contribution in [1.29, 1.82) is 0 Å². The summed E-state index contributed by atoms with van der Waals surface area (Å²) in [5.41, 5.74) is 2.08. The molecule has 0 aliphatic rings. The Morgan fingerprint density at radius 1 is 1.11 bits per heavy atom. The first-order valence-electron chi connectivity index (χ1n) is 9.68. The Kier molecular flexibility index (Phi) is 9.52. The summed E-state index contributed by atoms with van der Waals surface area (Å²) in [5, 5.41) is 12.4. The summed E-state index contributed by atoms with van der Waals surface area (Å²) in [4.78, 5) is 12.1. The van der Waals surface area contributed by atoms with Crippen LogP contribution in [-0.2, 0) is 6.42 Å². The summed E-state index contributed by atoms with van der Waals surface area (Å²) in [6.07, 6.45) is 4.92. The van der Waals surface area contributed by atoms with E-state index in [1.807, 2.05) is 58.9 Å². The molecule has 0 bridgehead atoms. The van der Waals surface area contributed by atoms with Crippen molar-refractivity contribution in [1.82, 2.24) is 0 Å². The zero-order chi connectivity index (χ0) is 21.3. The number of benzene rings is 2. The highest BCUT2D eigenvalue weighted by atomic mass is 32.1. The second kappa shape index (κ2) is 11.3. The van der Waals surface area contributed by atoms with Crippen molar-refractivity contribution in [2.75, 3.05) is 0 Å². The Labute approximate surface area is 170 Å². The Bertz CT molecular complexity index is 961. The lowest BCUT2D eigenvalue weighted by Gasteiger charge is -2.05. The van der Waals surface area contributed by atoms with Gasteiger partial charge in [-0.2, -0.15) is 0 Å². The van der Waals surface area contributed by atoms with E-state index in [4.69, 9.17) is 0 Å². The maximum atomic E-state index is 13.7. The third kappa shape index (κ3) is 4.84. The molecule has 2 aromatic carbocycles. The molecular weight excluding hydrogens is 373 g/mol. The van der Waals surface area contributed by atoms with Gasteiger partial charge in [-0.3, -0.25) is 10.1 Å². The average Bonchev–Trinajstić information content (AvgIpc) is 3.09. The molecule has 0 aliphatic carbocycles. The number of hydrogen-bond acceptors (Lipinski definition) is 3. The molecule has 0 atom stereocenters. The average molecular weight is 402 g/mol. The second-order valence-electron chi connectivity index (χ2n) is 5.39. The van der Waals surface area contributed by atoms with Crippen LogP contribution in [0.4, 0.5) is 10.1 Å². The zero-order valence-electron chi connectivity index (χ0n) is 17.4. The summed E-state index contributed by atoms with van der Waals surface area (Å²) in [7, 11) is 0. The van der Waals surface area contributed by atoms with E-state index in [2.05, 4.69) is 13.0 Å². The van der Waals surface area contributed by atoms with Gasteiger partial charge in [0.2, 0.25) is 0 Å². The standard InChI is InChI=1S/C19H16FNO2S.2C2H6/c1-3-6-13-14-7-5-8-15(19(14)24-18(13)4-2)16-11-12(20)9-10-17(16)21(22)23;2*1-2/h3,5-11H,4H2,1-2H3;2*1-2H3/b6-3-;;. The predicted molar refractivity (Wildman–Crippen MR) is 121 cm³/mol. The lowest BCUT2D eigenvalue weighted by molar-refractivity contribution is -0.384. The van der Waals surface area contributed by atoms with Gasteiger partial charge in [-0.15, -0.1) is 11.3 Å². The van der Waals surface area contributed by atoms with E-state index in [1.165, 1.54) is 17.0 Å². The molecule has 3 nitrogen and oxygen atoms in total. The molecule has 3 rings (SSSR count). The minimum absolute atomic E-state index is 0.0806. The van der Waals surface area contributed by atoms with Crippen molar-refractivity contribution in [3.05, 3.63) is 68.8 Å². The normalized spacial score (nSPS) is 10.2. The molecule has 0 spiro atoms. The first kappa shape index (κ1) is 23.5. The van der Waals surface area contributed by atoms with Crippen LogP contribution >= 0.6 is 11.3 Å². The van der Waals surface area contributed by atoms with Crippen LogP contribution in [0.3, 0.4) is 0 Å². The molecule has 28 heavy (non-hydrogen) atoms. The van der Waals surface area contributed by atoms with E-state index < -0.39 is 10.7 Å². The second-order valence-corrected chi connectivity index (χ2v) is 6.50. The van der Waals surface area contributed by atoms with Crippen molar-refractivity contribution in [2.45, 2.75) is 48.0 Å². The Hall–Kier alpha value is -2.53. The molecule has 0 saturated heterocycles. The number of allylic oxidation sites excluding steroid dienone is 1. The van der Waals surface area contributed by atoms with Gasteiger partial charge in [0.15, 0.2) is 0 Å². The third-order valence-corrected chi connectivity index (χ3v) is 5.33. The number of halogens is 1. The number of rotatable bonds is 4. The smallest absolute Gasteiger partial charge is 0.258 e. The fraction of sp³-hybridized carbons (Fsp3) is 0.304. The Morgan fingerprint density at radius 3 is 2.36 bits per heavy atom. The first-order chi connectivity index (χ1) is 13.6. The van der Waals surface area contributed by atoms with Gasteiger partial charge in [0.1, 0.15) is 5.82 Å². The van der Waals surface area contributed by atoms with Gasteiger partial charge in [0.25, 0.3) is 5.69 Å². The first-order valence-corrected chi connectivity index (χ1v) is 10.5. The van der Waals surface area contributed by atoms with Crippen LogP contribution in [0.5, 0.6) is 0 Å². The molecule has 150 valence electrons. The topological polar surface area (TPSA) is 43.1 Å². The Morgan fingerprint density at radius 2 is 1.79 bits per heavy atom. The third-order valence-electron chi connectivity index (χ3n) is 3.93. The molecule has 3 aromatic rings. The van der Waals surface area contributed by atoms with Crippen molar-refractivity contribution in [2.24, 2.45) is 0 Å². The van der Waals surface area contributed by atoms with Gasteiger partial charge in [0.05, 0.1) is 10.5 Å². The fourth-order valence-corrected chi connectivity index (χ4v) is 4.15. The summed E-state index contributed by atoms with van der Waals surface area (Å²) in [6, 6.07) is 9.29. The molecule has 0 radical (unpaired) electrons. The van der Waals surface area contributed by atoms with Crippen LogP contribution in [0.2, 0.25) is 0 Å². The van der Waals surface area contributed by atoms with Crippen molar-refractivity contribution in [3.63, 3.8) is 0 Å². The highest BCUT2D eigenvalue weighted by molar-refractivity contribution is 7.20. The molecule has 5 heteroatoms. The molecular formula is C23H28FNO2S. The van der Waals surface area contributed by atoms with Gasteiger partial charge in [-0.25, -0.2) is 4.39 Å². The van der Waals surface area contributed by atoms with Crippen LogP contribution in [0, 0.1) is 15.9 Å². The lowest BCUT2D eigenvalue weighted by atomic mass is 10.00. The number of fused-ring (bicyclic) bond motifs is 1. The number of thiophene rings is 1.